The van der Waals surface area contributed by atoms with E-state index in [0.717, 1.165) is 6.92 Å². The van der Waals surface area contributed by atoms with Gasteiger partial charge in [0.2, 0.25) is 0 Å². The van der Waals surface area contributed by atoms with E-state index < -0.39 is 40.3 Å². The lowest BCUT2D eigenvalue weighted by Crippen LogP contribution is -2.16. The average molecular weight is 242 g/mol. The standard InChI is InChI=1S/C10H8F6/c1-3-5-4(2)7(11)9(13)6(8(5)12)10(14,15)16/h3H2,1-2H3. The van der Waals surface area contributed by atoms with Crippen molar-refractivity contribution in [2.24, 2.45) is 0 Å². The Morgan fingerprint density at radius 1 is 0.938 bits per heavy atom. The Kier molecular flexibility index (Phi) is 3.21. The van der Waals surface area contributed by atoms with Crippen molar-refractivity contribution in [1.29, 1.82) is 0 Å². The molecule has 0 radical (unpaired) electrons. The van der Waals surface area contributed by atoms with Crippen LogP contribution in [0.5, 0.6) is 0 Å². The summed E-state index contributed by atoms with van der Waals surface area (Å²) < 4.78 is 76.3. The van der Waals surface area contributed by atoms with Crippen LogP contribution in [0.1, 0.15) is 23.6 Å². The van der Waals surface area contributed by atoms with Crippen LogP contribution in [0.4, 0.5) is 26.3 Å². The molecule has 0 aliphatic heterocycles. The summed E-state index contributed by atoms with van der Waals surface area (Å²) in [7, 11) is 0. The molecule has 0 bridgehead atoms. The highest BCUT2D eigenvalue weighted by Crippen LogP contribution is 2.37. The van der Waals surface area contributed by atoms with E-state index >= 15 is 0 Å². The van der Waals surface area contributed by atoms with Gasteiger partial charge in [0.25, 0.3) is 0 Å². The van der Waals surface area contributed by atoms with Crippen molar-refractivity contribution in [2.75, 3.05) is 0 Å². The lowest BCUT2D eigenvalue weighted by molar-refractivity contribution is -0.142. The second kappa shape index (κ2) is 3.99. The molecule has 1 aromatic carbocycles. The number of hydrogen-bond donors (Lipinski definition) is 0. The van der Waals surface area contributed by atoms with Crippen LogP contribution in [0, 0.1) is 24.4 Å². The minimum Gasteiger partial charge on any atom is -0.206 e. The molecule has 6 heteroatoms. The van der Waals surface area contributed by atoms with Gasteiger partial charge in [-0.2, -0.15) is 13.2 Å². The van der Waals surface area contributed by atoms with Crippen LogP contribution in [-0.4, -0.2) is 0 Å². The number of benzene rings is 1. The van der Waals surface area contributed by atoms with E-state index in [4.69, 9.17) is 0 Å². The molecule has 1 rings (SSSR count). The van der Waals surface area contributed by atoms with Crippen LogP contribution in [0.2, 0.25) is 0 Å². The number of alkyl halides is 3. The van der Waals surface area contributed by atoms with E-state index in [9.17, 15) is 26.3 Å². The van der Waals surface area contributed by atoms with Crippen LogP contribution in [0.3, 0.4) is 0 Å². The monoisotopic (exact) mass is 242 g/mol. The third-order valence-corrected chi connectivity index (χ3v) is 2.32. The second-order valence-electron chi connectivity index (χ2n) is 3.27. The Morgan fingerprint density at radius 3 is 1.81 bits per heavy atom. The van der Waals surface area contributed by atoms with Crippen LogP contribution < -0.4 is 0 Å². The molecule has 0 spiro atoms. The predicted octanol–water partition coefficient (Wildman–Crippen LogP) is 3.99. The van der Waals surface area contributed by atoms with Gasteiger partial charge in [0.1, 0.15) is 11.4 Å². The van der Waals surface area contributed by atoms with Crippen molar-refractivity contribution in [2.45, 2.75) is 26.4 Å². The molecule has 90 valence electrons. The summed E-state index contributed by atoms with van der Waals surface area (Å²) in [6.45, 7) is 2.41. The minimum atomic E-state index is -5.24. The maximum atomic E-state index is 13.3. The van der Waals surface area contributed by atoms with Gasteiger partial charge < -0.3 is 0 Å². The molecule has 0 heterocycles. The van der Waals surface area contributed by atoms with E-state index in [-0.39, 0.29) is 6.42 Å². The average Bonchev–Trinajstić information content (AvgIpc) is 2.13. The van der Waals surface area contributed by atoms with E-state index in [1.807, 2.05) is 0 Å². The lowest BCUT2D eigenvalue weighted by Gasteiger charge is -2.15. The van der Waals surface area contributed by atoms with Crippen molar-refractivity contribution in [3.05, 3.63) is 34.1 Å². The topological polar surface area (TPSA) is 0 Å². The van der Waals surface area contributed by atoms with Crippen molar-refractivity contribution >= 4 is 0 Å². The van der Waals surface area contributed by atoms with E-state index in [1.54, 1.807) is 0 Å². The summed E-state index contributed by atoms with van der Waals surface area (Å²) in [5.41, 5.74) is -3.04. The zero-order chi connectivity index (χ0) is 12.7. The Bertz CT molecular complexity index is 419. The number of rotatable bonds is 1. The highest BCUT2D eigenvalue weighted by atomic mass is 19.4. The van der Waals surface area contributed by atoms with Gasteiger partial charge in [-0.15, -0.1) is 0 Å². The number of hydrogen-bond acceptors (Lipinski definition) is 0. The fraction of sp³-hybridized carbons (Fsp3) is 0.400. The van der Waals surface area contributed by atoms with Gasteiger partial charge in [-0.25, -0.2) is 13.2 Å². The SMILES string of the molecule is CCc1c(C)c(F)c(F)c(C(F)(F)F)c1F. The summed E-state index contributed by atoms with van der Waals surface area (Å²) in [6, 6.07) is 0. The molecular weight excluding hydrogens is 234 g/mol. The first kappa shape index (κ1) is 12.9. The molecule has 0 saturated carbocycles. The molecule has 0 N–H and O–H groups in total. The summed E-state index contributed by atoms with van der Waals surface area (Å²) in [6.07, 6.45) is -5.38. The van der Waals surface area contributed by atoms with Gasteiger partial charge in [-0.3, -0.25) is 0 Å². The normalized spacial score (nSPS) is 12.0. The first-order valence-electron chi connectivity index (χ1n) is 4.44. The predicted molar refractivity (Wildman–Crippen MR) is 45.4 cm³/mol. The molecule has 0 nitrogen and oxygen atoms in total. The van der Waals surface area contributed by atoms with Crippen molar-refractivity contribution in [3.8, 4) is 0 Å². The van der Waals surface area contributed by atoms with Crippen molar-refractivity contribution < 1.29 is 26.3 Å². The molecule has 0 saturated heterocycles. The quantitative estimate of drug-likeness (QED) is 0.516. The van der Waals surface area contributed by atoms with Gasteiger partial charge in [-0.1, -0.05) is 6.92 Å². The zero-order valence-electron chi connectivity index (χ0n) is 8.47. The van der Waals surface area contributed by atoms with Crippen LogP contribution >= 0.6 is 0 Å². The maximum absolute atomic E-state index is 13.3. The van der Waals surface area contributed by atoms with Gasteiger partial charge in [-0.05, 0) is 24.5 Å². The lowest BCUT2D eigenvalue weighted by atomic mass is 10.00. The highest BCUT2D eigenvalue weighted by molar-refractivity contribution is 5.37. The Morgan fingerprint density at radius 2 is 1.44 bits per heavy atom. The first-order valence-corrected chi connectivity index (χ1v) is 4.44. The fourth-order valence-corrected chi connectivity index (χ4v) is 1.49. The molecule has 0 aliphatic carbocycles. The molecule has 0 fully saturated rings. The third kappa shape index (κ3) is 1.88. The zero-order valence-corrected chi connectivity index (χ0v) is 8.47. The van der Waals surface area contributed by atoms with Gasteiger partial charge >= 0.3 is 6.18 Å². The van der Waals surface area contributed by atoms with Crippen LogP contribution in [0.25, 0.3) is 0 Å². The molecule has 0 aliphatic rings. The highest BCUT2D eigenvalue weighted by Gasteiger charge is 2.40. The molecule has 0 aromatic heterocycles. The van der Waals surface area contributed by atoms with Crippen LogP contribution in [-0.2, 0) is 12.6 Å². The molecule has 16 heavy (non-hydrogen) atoms. The Hall–Kier alpha value is -1.20. The summed E-state index contributed by atoms with van der Waals surface area (Å²) in [5, 5.41) is 0. The van der Waals surface area contributed by atoms with Gasteiger partial charge in [0, 0.05) is 0 Å². The summed E-state index contributed by atoms with van der Waals surface area (Å²) in [5.74, 6) is -5.56. The molecular formula is C10H8F6. The minimum absolute atomic E-state index is 0.141. The summed E-state index contributed by atoms with van der Waals surface area (Å²) in [4.78, 5) is 0. The summed E-state index contributed by atoms with van der Waals surface area (Å²) >= 11 is 0. The van der Waals surface area contributed by atoms with Gasteiger partial charge in [0.05, 0.1) is 0 Å². The third-order valence-electron chi connectivity index (χ3n) is 2.32. The number of halogens is 6. The molecule has 0 unspecified atom stereocenters. The Labute approximate surface area is 87.9 Å². The van der Waals surface area contributed by atoms with Crippen molar-refractivity contribution in [1.82, 2.24) is 0 Å². The van der Waals surface area contributed by atoms with Gasteiger partial charge in [0.15, 0.2) is 11.6 Å². The van der Waals surface area contributed by atoms with Crippen LogP contribution in [0.15, 0.2) is 0 Å². The maximum Gasteiger partial charge on any atom is 0.422 e. The smallest absolute Gasteiger partial charge is 0.206 e. The second-order valence-corrected chi connectivity index (χ2v) is 3.27. The largest absolute Gasteiger partial charge is 0.422 e. The van der Waals surface area contributed by atoms with E-state index in [1.165, 1.54) is 6.92 Å². The molecule has 1 aromatic rings. The molecule has 0 atom stereocenters. The molecule has 0 amide bonds. The van der Waals surface area contributed by atoms with Crippen molar-refractivity contribution in [3.63, 3.8) is 0 Å². The Balaban J connectivity index is 3.69. The van der Waals surface area contributed by atoms with E-state index in [2.05, 4.69) is 0 Å². The first-order chi connectivity index (χ1) is 7.21. The van der Waals surface area contributed by atoms with E-state index in [0.29, 0.717) is 0 Å². The fourth-order valence-electron chi connectivity index (χ4n) is 1.49.